The van der Waals surface area contributed by atoms with Crippen LogP contribution >= 0.6 is 11.3 Å². The molecule has 0 saturated carbocycles. The molecule has 0 aliphatic rings. The molecule has 2 aromatic heterocycles. The number of nitrogens with one attached hydrogen (secondary N) is 1. The monoisotopic (exact) mass is 192 g/mol. The third-order valence-electron chi connectivity index (χ3n) is 1.65. The van der Waals surface area contributed by atoms with E-state index in [1.807, 2.05) is 6.07 Å². The highest BCUT2D eigenvalue weighted by molar-refractivity contribution is 7.19. The molecule has 0 aliphatic heterocycles. The zero-order chi connectivity index (χ0) is 9.42. The van der Waals surface area contributed by atoms with Crippen molar-refractivity contribution in [2.24, 2.45) is 0 Å². The predicted molar refractivity (Wildman–Crippen MR) is 47.9 cm³/mol. The molecule has 4 nitrogen and oxygen atoms in total. The average Bonchev–Trinajstić information content (AvgIpc) is 2.58. The molecule has 0 atom stereocenters. The Hall–Kier alpha value is -1.80. The maximum Gasteiger partial charge on any atom is 0.352 e. The van der Waals surface area contributed by atoms with E-state index in [1.165, 1.54) is 17.4 Å². The van der Waals surface area contributed by atoms with Gasteiger partial charge in [0.25, 0.3) is 0 Å². The second kappa shape index (κ2) is 2.61. The van der Waals surface area contributed by atoms with Crippen LogP contribution in [-0.2, 0) is 0 Å². The predicted octanol–water partition coefficient (Wildman–Crippen LogP) is 1.80. The van der Waals surface area contributed by atoms with Crippen molar-refractivity contribution < 1.29 is 9.90 Å². The van der Waals surface area contributed by atoms with Gasteiger partial charge in [-0.15, -0.1) is 11.3 Å². The highest BCUT2D eigenvalue weighted by atomic mass is 32.1. The van der Waals surface area contributed by atoms with E-state index in [4.69, 9.17) is 10.4 Å². The van der Waals surface area contributed by atoms with Crippen LogP contribution in [0.5, 0.6) is 0 Å². The van der Waals surface area contributed by atoms with Gasteiger partial charge in [-0.25, -0.2) is 4.79 Å². The topological polar surface area (TPSA) is 76.9 Å². The van der Waals surface area contributed by atoms with Crippen molar-refractivity contribution >= 4 is 27.5 Å². The molecule has 2 aromatic rings. The number of carboxylic acid groups (broad SMARTS) is 1. The van der Waals surface area contributed by atoms with E-state index in [0.717, 1.165) is 4.70 Å². The maximum absolute atomic E-state index is 10.5. The molecule has 2 rings (SSSR count). The zero-order valence-corrected chi connectivity index (χ0v) is 7.18. The molecule has 0 radical (unpaired) electrons. The molecular formula is C8H4N2O2S. The van der Waals surface area contributed by atoms with Gasteiger partial charge in [0.1, 0.15) is 16.6 Å². The lowest BCUT2D eigenvalue weighted by Crippen LogP contribution is -1.94. The van der Waals surface area contributed by atoms with E-state index in [2.05, 4.69) is 4.98 Å². The third kappa shape index (κ3) is 1.17. The summed E-state index contributed by atoms with van der Waals surface area (Å²) >= 11 is 1.28. The van der Waals surface area contributed by atoms with Crippen LogP contribution in [-0.4, -0.2) is 16.1 Å². The molecule has 0 unspecified atom stereocenters. The number of aromatic nitrogens is 1. The lowest BCUT2D eigenvalue weighted by Gasteiger charge is -1.83. The fourth-order valence-electron chi connectivity index (χ4n) is 1.09. The number of fused-ring (bicyclic) bond motifs is 1. The molecule has 0 aliphatic carbocycles. The van der Waals surface area contributed by atoms with Crippen molar-refractivity contribution in [1.82, 2.24) is 4.98 Å². The van der Waals surface area contributed by atoms with Crippen molar-refractivity contribution in [1.29, 1.82) is 5.26 Å². The summed E-state index contributed by atoms with van der Waals surface area (Å²) in [5.41, 5.74) is 0.865. The standard InChI is InChI=1S/C8H4N2O2S/c9-3-4-1-5-7(13-4)2-6(10-5)8(11)12/h1-2,10H,(H,11,12). The van der Waals surface area contributed by atoms with Crippen LogP contribution < -0.4 is 0 Å². The largest absolute Gasteiger partial charge is 0.477 e. The molecule has 2 N–H and O–H groups in total. The van der Waals surface area contributed by atoms with E-state index in [9.17, 15) is 4.79 Å². The fraction of sp³-hybridized carbons (Fsp3) is 0. The SMILES string of the molecule is N#Cc1cc2[nH]c(C(=O)O)cc2s1. The van der Waals surface area contributed by atoms with Gasteiger partial charge < -0.3 is 10.1 Å². The first-order valence-electron chi connectivity index (χ1n) is 3.46. The summed E-state index contributed by atoms with van der Waals surface area (Å²) in [7, 11) is 0. The van der Waals surface area contributed by atoms with Gasteiger partial charge in [-0.1, -0.05) is 0 Å². The molecule has 13 heavy (non-hydrogen) atoms. The Kier molecular flexibility index (Phi) is 1.57. The van der Waals surface area contributed by atoms with E-state index in [0.29, 0.717) is 10.4 Å². The Balaban J connectivity index is 2.62. The van der Waals surface area contributed by atoms with Crippen LogP contribution in [0.15, 0.2) is 12.1 Å². The third-order valence-corrected chi connectivity index (χ3v) is 2.63. The lowest BCUT2D eigenvalue weighted by molar-refractivity contribution is 0.0691. The van der Waals surface area contributed by atoms with Gasteiger partial charge in [0.15, 0.2) is 0 Å². The number of hydrogen-bond acceptors (Lipinski definition) is 3. The van der Waals surface area contributed by atoms with Gasteiger partial charge in [0, 0.05) is 0 Å². The molecule has 0 spiro atoms. The van der Waals surface area contributed by atoms with E-state index >= 15 is 0 Å². The first-order chi connectivity index (χ1) is 6.20. The molecule has 0 fully saturated rings. The van der Waals surface area contributed by atoms with Crippen molar-refractivity contribution in [3.05, 3.63) is 22.7 Å². The minimum absolute atomic E-state index is 0.158. The van der Waals surface area contributed by atoms with Crippen LogP contribution in [0.1, 0.15) is 15.4 Å². The van der Waals surface area contributed by atoms with Gasteiger partial charge in [-0.3, -0.25) is 0 Å². The minimum atomic E-state index is -0.984. The summed E-state index contributed by atoms with van der Waals surface area (Å²) in [5, 5.41) is 17.2. The summed E-state index contributed by atoms with van der Waals surface area (Å²) in [6.45, 7) is 0. The summed E-state index contributed by atoms with van der Waals surface area (Å²) in [5.74, 6) is -0.984. The first kappa shape index (κ1) is 7.83. The van der Waals surface area contributed by atoms with Crippen LogP contribution in [0, 0.1) is 11.3 Å². The molecule has 0 bridgehead atoms. The van der Waals surface area contributed by atoms with Crippen LogP contribution in [0.3, 0.4) is 0 Å². The second-order valence-corrected chi connectivity index (χ2v) is 3.57. The van der Waals surface area contributed by atoms with Crippen molar-refractivity contribution in [3.8, 4) is 6.07 Å². The second-order valence-electron chi connectivity index (χ2n) is 2.49. The Morgan fingerprint density at radius 3 is 2.92 bits per heavy atom. The van der Waals surface area contributed by atoms with Gasteiger partial charge in [-0.2, -0.15) is 5.26 Å². The molecule has 2 heterocycles. The van der Waals surface area contributed by atoms with Crippen molar-refractivity contribution in [3.63, 3.8) is 0 Å². The van der Waals surface area contributed by atoms with E-state index in [-0.39, 0.29) is 5.69 Å². The van der Waals surface area contributed by atoms with Crippen LogP contribution in [0.2, 0.25) is 0 Å². The Morgan fingerprint density at radius 1 is 1.62 bits per heavy atom. The number of rotatable bonds is 1. The molecule has 0 amide bonds. The molecule has 5 heteroatoms. The van der Waals surface area contributed by atoms with Gasteiger partial charge >= 0.3 is 5.97 Å². The number of nitriles is 1. The van der Waals surface area contributed by atoms with Gasteiger partial charge in [-0.05, 0) is 12.1 Å². The highest BCUT2D eigenvalue weighted by Gasteiger charge is 2.09. The Morgan fingerprint density at radius 2 is 2.38 bits per heavy atom. The molecule has 0 saturated heterocycles. The van der Waals surface area contributed by atoms with Crippen molar-refractivity contribution in [2.45, 2.75) is 0 Å². The quantitative estimate of drug-likeness (QED) is 0.723. The smallest absolute Gasteiger partial charge is 0.352 e. The number of thiophene rings is 1. The minimum Gasteiger partial charge on any atom is -0.477 e. The summed E-state index contributed by atoms with van der Waals surface area (Å²) < 4.78 is 0.800. The average molecular weight is 192 g/mol. The van der Waals surface area contributed by atoms with Gasteiger partial charge in [0.2, 0.25) is 0 Å². The number of hydrogen-bond donors (Lipinski definition) is 2. The Labute approximate surface area is 77.0 Å². The summed E-state index contributed by atoms with van der Waals surface area (Å²) in [4.78, 5) is 13.8. The van der Waals surface area contributed by atoms with Crippen molar-refractivity contribution in [2.75, 3.05) is 0 Å². The number of aromatic amines is 1. The van der Waals surface area contributed by atoms with Gasteiger partial charge in [0.05, 0.1) is 10.2 Å². The number of carbonyl (C=O) groups is 1. The molecular weight excluding hydrogens is 188 g/mol. The Bertz CT molecular complexity index is 486. The number of carboxylic acids is 1. The summed E-state index contributed by atoms with van der Waals surface area (Å²) in [6, 6.07) is 5.18. The van der Waals surface area contributed by atoms with Crippen LogP contribution in [0.25, 0.3) is 10.2 Å². The van der Waals surface area contributed by atoms with E-state index < -0.39 is 5.97 Å². The van der Waals surface area contributed by atoms with E-state index in [1.54, 1.807) is 6.07 Å². The fourth-order valence-corrected chi connectivity index (χ4v) is 1.95. The van der Waals surface area contributed by atoms with Crippen LogP contribution in [0.4, 0.5) is 0 Å². The number of aromatic carboxylic acids is 1. The molecule has 64 valence electrons. The summed E-state index contributed by atoms with van der Waals surface area (Å²) in [6.07, 6.45) is 0. The normalized spacial score (nSPS) is 10.1. The lowest BCUT2D eigenvalue weighted by atomic mass is 10.4. The number of nitrogens with zero attached hydrogens (tertiary/aromatic N) is 1. The highest BCUT2D eigenvalue weighted by Crippen LogP contribution is 2.25. The number of H-pyrrole nitrogens is 1. The first-order valence-corrected chi connectivity index (χ1v) is 4.28. The zero-order valence-electron chi connectivity index (χ0n) is 6.37. The maximum atomic E-state index is 10.5. The molecule has 0 aromatic carbocycles.